The number of nitrogens with zero attached hydrogens (tertiary/aromatic N) is 2. The molecule has 0 aliphatic heterocycles. The second-order valence-corrected chi connectivity index (χ2v) is 5.51. The molecule has 0 fully saturated rings. The van der Waals surface area contributed by atoms with Gasteiger partial charge in [-0.1, -0.05) is 11.2 Å². The number of fused-ring (bicyclic) bond motifs is 1. The Kier molecular flexibility index (Phi) is 3.41. The molecule has 1 amide bonds. The lowest BCUT2D eigenvalue weighted by molar-refractivity contribution is 0.102. The molecule has 0 aliphatic carbocycles. The summed E-state index contributed by atoms with van der Waals surface area (Å²) in [6.07, 6.45) is 0. The number of hydrogen-bond donors (Lipinski definition) is 1. The molecule has 112 valence electrons. The number of amides is 1. The number of aromatic nitrogens is 2. The van der Waals surface area contributed by atoms with Crippen LogP contribution in [0.15, 0.2) is 28.8 Å². The van der Waals surface area contributed by atoms with E-state index in [-0.39, 0.29) is 5.91 Å². The van der Waals surface area contributed by atoms with Crippen LogP contribution in [0, 0.1) is 27.7 Å². The minimum atomic E-state index is -0.190. The van der Waals surface area contributed by atoms with Crippen molar-refractivity contribution in [2.45, 2.75) is 27.7 Å². The van der Waals surface area contributed by atoms with Crippen molar-refractivity contribution in [3.8, 4) is 0 Å². The van der Waals surface area contributed by atoms with Gasteiger partial charge in [0, 0.05) is 11.4 Å². The molecule has 0 saturated carbocycles. The molecule has 5 nitrogen and oxygen atoms in total. The zero-order chi connectivity index (χ0) is 15.9. The first-order valence-corrected chi connectivity index (χ1v) is 7.08. The lowest BCUT2D eigenvalue weighted by Gasteiger charge is -2.09. The van der Waals surface area contributed by atoms with E-state index in [4.69, 9.17) is 4.52 Å². The van der Waals surface area contributed by atoms with Crippen LogP contribution in [-0.4, -0.2) is 16.0 Å². The highest BCUT2D eigenvalue weighted by molar-refractivity contribution is 6.12. The normalized spacial score (nSPS) is 10.9. The fourth-order valence-corrected chi connectivity index (χ4v) is 2.41. The summed E-state index contributed by atoms with van der Waals surface area (Å²) in [5.74, 6) is -0.190. The lowest BCUT2D eigenvalue weighted by atomic mass is 10.1. The molecule has 22 heavy (non-hydrogen) atoms. The predicted molar refractivity (Wildman–Crippen MR) is 85.1 cm³/mol. The number of benzene rings is 1. The van der Waals surface area contributed by atoms with Crippen molar-refractivity contribution in [1.29, 1.82) is 0 Å². The third-order valence-electron chi connectivity index (χ3n) is 3.75. The molecule has 5 heteroatoms. The number of rotatable bonds is 2. The fourth-order valence-electron chi connectivity index (χ4n) is 2.41. The van der Waals surface area contributed by atoms with Crippen molar-refractivity contribution in [2.24, 2.45) is 0 Å². The summed E-state index contributed by atoms with van der Waals surface area (Å²) in [6, 6.07) is 7.59. The Balaban J connectivity index is 2.01. The zero-order valence-electron chi connectivity index (χ0n) is 13.0. The van der Waals surface area contributed by atoms with Crippen molar-refractivity contribution >= 4 is 22.7 Å². The van der Waals surface area contributed by atoms with Crippen molar-refractivity contribution in [1.82, 2.24) is 10.1 Å². The van der Waals surface area contributed by atoms with E-state index < -0.39 is 0 Å². The quantitative estimate of drug-likeness (QED) is 0.782. The molecular formula is C17H17N3O2. The fraction of sp³-hybridized carbons (Fsp3) is 0.235. The molecule has 2 aromatic heterocycles. The molecule has 0 atom stereocenters. The molecule has 0 bridgehead atoms. The van der Waals surface area contributed by atoms with Crippen LogP contribution in [0.2, 0.25) is 0 Å². The van der Waals surface area contributed by atoms with Crippen molar-refractivity contribution in [2.75, 3.05) is 5.32 Å². The van der Waals surface area contributed by atoms with E-state index in [0.717, 1.165) is 11.3 Å². The van der Waals surface area contributed by atoms with Crippen LogP contribution in [0.25, 0.3) is 11.1 Å². The van der Waals surface area contributed by atoms with Crippen LogP contribution in [0.3, 0.4) is 0 Å². The summed E-state index contributed by atoms with van der Waals surface area (Å²) in [7, 11) is 0. The summed E-state index contributed by atoms with van der Waals surface area (Å²) in [5.41, 5.74) is 5.39. The molecule has 0 saturated heterocycles. The highest BCUT2D eigenvalue weighted by atomic mass is 16.5. The Labute approximate surface area is 128 Å². The van der Waals surface area contributed by atoms with E-state index in [2.05, 4.69) is 15.5 Å². The first-order valence-electron chi connectivity index (χ1n) is 7.08. The van der Waals surface area contributed by atoms with Crippen molar-refractivity contribution in [3.05, 3.63) is 52.3 Å². The minimum absolute atomic E-state index is 0.190. The molecule has 1 aromatic carbocycles. The van der Waals surface area contributed by atoms with Gasteiger partial charge < -0.3 is 9.84 Å². The van der Waals surface area contributed by atoms with E-state index >= 15 is 0 Å². The van der Waals surface area contributed by atoms with Crippen LogP contribution in [0.4, 0.5) is 5.69 Å². The summed E-state index contributed by atoms with van der Waals surface area (Å²) in [5, 5.41) is 7.48. The number of anilines is 1. The van der Waals surface area contributed by atoms with Crippen LogP contribution in [0.5, 0.6) is 0 Å². The number of pyridine rings is 1. The number of carbonyl (C=O) groups is 1. The summed E-state index contributed by atoms with van der Waals surface area (Å²) in [6.45, 7) is 7.68. The lowest BCUT2D eigenvalue weighted by Crippen LogP contribution is -2.13. The first kappa shape index (κ1) is 14.3. The monoisotopic (exact) mass is 295 g/mol. The van der Waals surface area contributed by atoms with E-state index in [1.54, 1.807) is 13.0 Å². The van der Waals surface area contributed by atoms with Gasteiger partial charge in [-0.15, -0.1) is 0 Å². The van der Waals surface area contributed by atoms with Gasteiger partial charge in [-0.2, -0.15) is 0 Å². The summed E-state index contributed by atoms with van der Waals surface area (Å²) < 4.78 is 5.16. The van der Waals surface area contributed by atoms with Gasteiger partial charge >= 0.3 is 0 Å². The maximum atomic E-state index is 12.6. The van der Waals surface area contributed by atoms with Gasteiger partial charge in [-0.3, -0.25) is 4.79 Å². The van der Waals surface area contributed by atoms with Crippen molar-refractivity contribution in [3.63, 3.8) is 0 Å². The van der Waals surface area contributed by atoms with Crippen LogP contribution in [0.1, 0.15) is 32.9 Å². The van der Waals surface area contributed by atoms with Gasteiger partial charge in [0.05, 0.1) is 16.6 Å². The second kappa shape index (κ2) is 5.26. The Bertz CT molecular complexity index is 881. The molecular weight excluding hydrogens is 278 g/mol. The van der Waals surface area contributed by atoms with Gasteiger partial charge in [0.2, 0.25) is 0 Å². The van der Waals surface area contributed by atoms with Gasteiger partial charge in [-0.25, -0.2) is 4.98 Å². The minimum Gasteiger partial charge on any atom is -0.336 e. The molecule has 0 spiro atoms. The van der Waals surface area contributed by atoms with Crippen LogP contribution in [-0.2, 0) is 0 Å². The number of nitrogens with one attached hydrogen (secondary N) is 1. The van der Waals surface area contributed by atoms with E-state index in [1.807, 2.05) is 39.0 Å². The van der Waals surface area contributed by atoms with E-state index in [0.29, 0.717) is 28.1 Å². The Hall–Kier alpha value is -2.69. The van der Waals surface area contributed by atoms with Crippen LogP contribution >= 0.6 is 0 Å². The highest BCUT2D eigenvalue weighted by Crippen LogP contribution is 2.23. The van der Waals surface area contributed by atoms with Gasteiger partial charge in [0.25, 0.3) is 11.6 Å². The van der Waals surface area contributed by atoms with Gasteiger partial charge in [-0.05, 0) is 57.0 Å². The molecule has 0 aliphatic rings. The molecule has 3 aromatic rings. The topological polar surface area (TPSA) is 68.0 Å². The molecule has 3 rings (SSSR count). The van der Waals surface area contributed by atoms with Crippen molar-refractivity contribution < 1.29 is 9.32 Å². The Morgan fingerprint density at radius 1 is 1.09 bits per heavy atom. The third kappa shape index (κ3) is 2.45. The maximum absolute atomic E-state index is 12.6. The van der Waals surface area contributed by atoms with E-state index in [1.165, 1.54) is 5.56 Å². The average Bonchev–Trinajstić information content (AvgIpc) is 2.83. The third-order valence-corrected chi connectivity index (χ3v) is 3.75. The van der Waals surface area contributed by atoms with Crippen LogP contribution < -0.4 is 5.32 Å². The summed E-state index contributed by atoms with van der Waals surface area (Å²) >= 11 is 0. The Morgan fingerprint density at radius 2 is 1.86 bits per heavy atom. The van der Waals surface area contributed by atoms with E-state index in [9.17, 15) is 4.79 Å². The smallest absolute Gasteiger partial charge is 0.258 e. The number of carbonyl (C=O) groups excluding carboxylic acids is 1. The number of aryl methyl sites for hydroxylation is 4. The molecule has 0 radical (unpaired) electrons. The SMILES string of the molecule is Cc1cc(C(=O)Nc2ccc(C)c(C)c2)c2c(C)noc2n1. The van der Waals surface area contributed by atoms with Gasteiger partial charge in [0.15, 0.2) is 0 Å². The molecule has 1 N–H and O–H groups in total. The predicted octanol–water partition coefficient (Wildman–Crippen LogP) is 3.71. The average molecular weight is 295 g/mol. The highest BCUT2D eigenvalue weighted by Gasteiger charge is 2.18. The zero-order valence-corrected chi connectivity index (χ0v) is 13.0. The van der Waals surface area contributed by atoms with Gasteiger partial charge in [0.1, 0.15) is 0 Å². The Morgan fingerprint density at radius 3 is 2.59 bits per heavy atom. The standard InChI is InChI=1S/C17H17N3O2/c1-9-5-6-13(7-10(9)2)19-16(21)14-8-11(3)18-17-15(14)12(4)20-22-17/h5-8H,1-4H3,(H,19,21). The maximum Gasteiger partial charge on any atom is 0.258 e. The second-order valence-electron chi connectivity index (χ2n) is 5.51. The molecule has 2 heterocycles. The number of hydrogen-bond acceptors (Lipinski definition) is 4. The molecule has 0 unspecified atom stereocenters. The largest absolute Gasteiger partial charge is 0.336 e. The summed E-state index contributed by atoms with van der Waals surface area (Å²) in [4.78, 5) is 16.9. The first-order chi connectivity index (χ1) is 10.5.